The Morgan fingerprint density at radius 3 is 3.11 bits per heavy atom. The van der Waals surface area contributed by atoms with E-state index in [1.807, 2.05) is 35.5 Å². The Kier molecular flexibility index (Phi) is 2.22. The van der Waals surface area contributed by atoms with E-state index in [9.17, 15) is 4.79 Å². The van der Waals surface area contributed by atoms with E-state index in [-0.39, 0.29) is 18.1 Å². The van der Waals surface area contributed by atoms with Crippen LogP contribution in [0, 0.1) is 0 Å². The van der Waals surface area contributed by atoms with Gasteiger partial charge in [0.25, 0.3) is 5.91 Å². The SMILES string of the molecule is O=C1c2cccn2C(c2cccnc2)C2NCCN12. The summed E-state index contributed by atoms with van der Waals surface area (Å²) < 4.78 is 2.05. The van der Waals surface area contributed by atoms with Crippen LogP contribution in [0.2, 0.25) is 0 Å². The Hall–Kier alpha value is -2.14. The van der Waals surface area contributed by atoms with Crippen molar-refractivity contribution in [2.45, 2.75) is 12.2 Å². The second-order valence-corrected chi connectivity index (χ2v) is 4.93. The standard InChI is InChI=1S/C14H14N4O/c19-14-11-4-2-7-17(11)12(10-3-1-5-15-9-10)13-16-6-8-18(13)14/h1-5,7,9,12-13,16H,6,8H2. The lowest BCUT2D eigenvalue weighted by atomic mass is 10.0. The zero-order valence-corrected chi connectivity index (χ0v) is 10.4. The van der Waals surface area contributed by atoms with Crippen LogP contribution in [0.4, 0.5) is 0 Å². The van der Waals surface area contributed by atoms with Crippen LogP contribution in [-0.2, 0) is 0 Å². The molecule has 2 atom stereocenters. The Morgan fingerprint density at radius 1 is 1.32 bits per heavy atom. The maximum absolute atomic E-state index is 12.4. The van der Waals surface area contributed by atoms with Crippen LogP contribution in [0.3, 0.4) is 0 Å². The van der Waals surface area contributed by atoms with Gasteiger partial charge < -0.3 is 9.47 Å². The first-order chi connectivity index (χ1) is 9.36. The zero-order valence-electron chi connectivity index (χ0n) is 10.4. The number of hydrogen-bond acceptors (Lipinski definition) is 3. The van der Waals surface area contributed by atoms with Crippen molar-refractivity contribution < 1.29 is 4.79 Å². The number of nitrogens with zero attached hydrogens (tertiary/aromatic N) is 3. The molecule has 5 heteroatoms. The van der Waals surface area contributed by atoms with Crippen molar-refractivity contribution in [1.29, 1.82) is 0 Å². The van der Waals surface area contributed by atoms with Gasteiger partial charge in [0, 0.05) is 31.7 Å². The molecule has 2 aromatic rings. The molecule has 4 rings (SSSR count). The van der Waals surface area contributed by atoms with Crippen molar-refractivity contribution in [2.24, 2.45) is 0 Å². The molecule has 5 nitrogen and oxygen atoms in total. The van der Waals surface area contributed by atoms with Crippen LogP contribution in [0.15, 0.2) is 42.9 Å². The number of fused-ring (bicyclic) bond motifs is 2. The van der Waals surface area contributed by atoms with E-state index < -0.39 is 0 Å². The lowest BCUT2D eigenvalue weighted by Gasteiger charge is -2.38. The van der Waals surface area contributed by atoms with Gasteiger partial charge in [0.15, 0.2) is 0 Å². The van der Waals surface area contributed by atoms with Crippen LogP contribution in [0.25, 0.3) is 0 Å². The van der Waals surface area contributed by atoms with E-state index in [1.165, 1.54) is 0 Å². The molecule has 0 radical (unpaired) electrons. The molecule has 1 saturated heterocycles. The highest BCUT2D eigenvalue weighted by Crippen LogP contribution is 2.32. The van der Waals surface area contributed by atoms with Gasteiger partial charge in [0.1, 0.15) is 11.9 Å². The van der Waals surface area contributed by atoms with Gasteiger partial charge in [-0.2, -0.15) is 0 Å². The van der Waals surface area contributed by atoms with E-state index in [4.69, 9.17) is 0 Å². The van der Waals surface area contributed by atoms with Crippen molar-refractivity contribution in [1.82, 2.24) is 19.8 Å². The Balaban J connectivity index is 1.89. The molecule has 0 aromatic carbocycles. The van der Waals surface area contributed by atoms with E-state index in [0.717, 1.165) is 24.3 Å². The summed E-state index contributed by atoms with van der Waals surface area (Å²) in [5.41, 5.74) is 1.88. The third-order valence-corrected chi connectivity index (χ3v) is 3.93. The molecule has 2 aliphatic heterocycles. The predicted octanol–water partition coefficient (Wildman–Crippen LogP) is 0.858. The van der Waals surface area contributed by atoms with E-state index >= 15 is 0 Å². The fourth-order valence-electron chi connectivity index (χ4n) is 3.10. The number of rotatable bonds is 1. The summed E-state index contributed by atoms with van der Waals surface area (Å²) in [6, 6.07) is 7.92. The smallest absolute Gasteiger partial charge is 0.271 e. The molecule has 2 unspecified atom stereocenters. The van der Waals surface area contributed by atoms with E-state index in [1.54, 1.807) is 6.20 Å². The predicted molar refractivity (Wildman–Crippen MR) is 69.6 cm³/mol. The molecule has 4 heterocycles. The molecule has 1 fully saturated rings. The normalized spacial score (nSPS) is 25.3. The van der Waals surface area contributed by atoms with Crippen LogP contribution in [-0.4, -0.2) is 39.6 Å². The van der Waals surface area contributed by atoms with E-state index in [2.05, 4.69) is 20.9 Å². The number of carbonyl (C=O) groups is 1. The molecular formula is C14H14N4O. The molecule has 19 heavy (non-hydrogen) atoms. The molecule has 2 aromatic heterocycles. The lowest BCUT2D eigenvalue weighted by Crippen LogP contribution is -2.51. The summed E-state index contributed by atoms with van der Waals surface area (Å²) in [6.45, 7) is 1.61. The first-order valence-electron chi connectivity index (χ1n) is 6.47. The highest BCUT2D eigenvalue weighted by Gasteiger charge is 2.42. The van der Waals surface area contributed by atoms with E-state index in [0.29, 0.717) is 0 Å². The van der Waals surface area contributed by atoms with Gasteiger partial charge in [0.2, 0.25) is 0 Å². The molecule has 0 aliphatic carbocycles. The molecule has 1 N–H and O–H groups in total. The minimum atomic E-state index is 0.0246. The number of carbonyl (C=O) groups excluding carboxylic acids is 1. The van der Waals surface area contributed by atoms with Gasteiger partial charge in [-0.15, -0.1) is 0 Å². The largest absolute Gasteiger partial charge is 0.332 e. The van der Waals surface area contributed by atoms with Gasteiger partial charge in [-0.25, -0.2) is 0 Å². The number of amides is 1. The number of hydrogen-bond donors (Lipinski definition) is 1. The zero-order chi connectivity index (χ0) is 12.8. The summed E-state index contributed by atoms with van der Waals surface area (Å²) >= 11 is 0. The topological polar surface area (TPSA) is 50.2 Å². The fraction of sp³-hybridized carbons (Fsp3) is 0.286. The van der Waals surface area contributed by atoms with Crippen molar-refractivity contribution in [3.8, 4) is 0 Å². The average Bonchev–Trinajstić information content (AvgIpc) is 3.09. The highest BCUT2D eigenvalue weighted by atomic mass is 16.2. The Labute approximate surface area is 110 Å². The number of nitrogens with one attached hydrogen (secondary N) is 1. The van der Waals surface area contributed by atoms with Gasteiger partial charge >= 0.3 is 0 Å². The lowest BCUT2D eigenvalue weighted by molar-refractivity contribution is 0.0622. The summed E-state index contributed by atoms with van der Waals surface area (Å²) in [4.78, 5) is 18.5. The van der Waals surface area contributed by atoms with Crippen LogP contribution in [0.5, 0.6) is 0 Å². The van der Waals surface area contributed by atoms with Crippen LogP contribution in [0.1, 0.15) is 22.1 Å². The average molecular weight is 254 g/mol. The van der Waals surface area contributed by atoms with Crippen molar-refractivity contribution in [3.05, 3.63) is 54.1 Å². The summed E-state index contributed by atoms with van der Waals surface area (Å²) in [7, 11) is 0. The first-order valence-corrected chi connectivity index (χ1v) is 6.47. The van der Waals surface area contributed by atoms with Crippen LogP contribution >= 0.6 is 0 Å². The number of aromatic nitrogens is 2. The monoisotopic (exact) mass is 254 g/mol. The van der Waals surface area contributed by atoms with Crippen LogP contribution < -0.4 is 5.32 Å². The third kappa shape index (κ3) is 1.45. The molecule has 0 bridgehead atoms. The highest BCUT2D eigenvalue weighted by molar-refractivity contribution is 5.94. The second kappa shape index (κ2) is 3.93. The van der Waals surface area contributed by atoms with Crippen molar-refractivity contribution in [2.75, 3.05) is 13.1 Å². The molecule has 2 aliphatic rings. The minimum absolute atomic E-state index is 0.0246. The summed E-state index contributed by atoms with van der Waals surface area (Å²) in [5.74, 6) is 0.111. The van der Waals surface area contributed by atoms with Crippen molar-refractivity contribution >= 4 is 5.91 Å². The van der Waals surface area contributed by atoms with Gasteiger partial charge in [-0.05, 0) is 23.8 Å². The summed E-state index contributed by atoms with van der Waals surface area (Å²) in [5, 5.41) is 3.42. The third-order valence-electron chi connectivity index (χ3n) is 3.93. The number of pyridine rings is 1. The molecule has 0 spiro atoms. The fourth-order valence-corrected chi connectivity index (χ4v) is 3.10. The Morgan fingerprint density at radius 2 is 2.26 bits per heavy atom. The quantitative estimate of drug-likeness (QED) is 0.821. The molecule has 96 valence electrons. The molecule has 0 saturated carbocycles. The van der Waals surface area contributed by atoms with Gasteiger partial charge in [-0.1, -0.05) is 6.07 Å². The minimum Gasteiger partial charge on any atom is -0.332 e. The van der Waals surface area contributed by atoms with Gasteiger partial charge in [0.05, 0.1) is 6.04 Å². The maximum atomic E-state index is 12.4. The van der Waals surface area contributed by atoms with Gasteiger partial charge in [-0.3, -0.25) is 15.1 Å². The Bertz CT molecular complexity index is 621. The molecule has 1 amide bonds. The first kappa shape index (κ1) is 10.8. The maximum Gasteiger partial charge on any atom is 0.271 e. The molecular weight excluding hydrogens is 240 g/mol. The van der Waals surface area contributed by atoms with Crippen molar-refractivity contribution in [3.63, 3.8) is 0 Å². The summed E-state index contributed by atoms with van der Waals surface area (Å²) in [6.07, 6.45) is 5.65. The second-order valence-electron chi connectivity index (χ2n) is 4.93.